The molecule has 0 aliphatic carbocycles. The van der Waals surface area contributed by atoms with E-state index >= 15 is 0 Å². The summed E-state index contributed by atoms with van der Waals surface area (Å²) < 4.78 is 23.6. The number of unbranched alkanes of at least 4 members (excludes halogenated alkanes) is 20. The Morgan fingerprint density at radius 2 is 0.716 bits per heavy atom. The Morgan fingerprint density at radius 1 is 0.405 bits per heavy atom. The van der Waals surface area contributed by atoms with E-state index in [1.165, 1.54) is 116 Å². The summed E-state index contributed by atoms with van der Waals surface area (Å²) in [6.45, 7) is 20.8. The second kappa shape index (κ2) is 49.9. The number of hydrogen-bond acceptors (Lipinski definition) is 10. The van der Waals surface area contributed by atoms with Crippen LogP contribution in [0.5, 0.6) is 0 Å². The molecule has 12 heteroatoms. The molecule has 0 radical (unpaired) electrons. The first-order valence-corrected chi connectivity index (χ1v) is 31.7. The summed E-state index contributed by atoms with van der Waals surface area (Å²) in [5.74, 6) is 0.747. The molecule has 2 amide bonds. The Morgan fingerprint density at radius 3 is 1.05 bits per heavy atom. The fourth-order valence-electron chi connectivity index (χ4n) is 10.3. The van der Waals surface area contributed by atoms with Crippen molar-refractivity contribution in [3.8, 4) is 0 Å². The molecule has 1 aliphatic rings. The molecule has 1 aliphatic heterocycles. The van der Waals surface area contributed by atoms with E-state index in [9.17, 15) is 19.2 Å². The van der Waals surface area contributed by atoms with E-state index in [0.29, 0.717) is 83.2 Å². The molecule has 1 saturated heterocycles. The third-order valence-corrected chi connectivity index (χ3v) is 15.4. The Hall–Kier alpha value is -2.60. The average molecular weight is 1050 g/mol. The molecule has 1 fully saturated rings. The van der Waals surface area contributed by atoms with Crippen LogP contribution in [0.15, 0.2) is 0 Å². The van der Waals surface area contributed by atoms with Gasteiger partial charge in [0.05, 0.1) is 13.2 Å². The first-order chi connectivity index (χ1) is 36.1. The molecule has 0 aromatic rings. The molecule has 0 unspecified atom stereocenters. The topological polar surface area (TPSA) is 118 Å². The molecule has 74 heavy (non-hydrogen) atoms. The number of hydrogen-bond donors (Lipinski definition) is 0. The second-order valence-corrected chi connectivity index (χ2v) is 22.3. The minimum Gasteiger partial charge on any atom is -0.465 e. The van der Waals surface area contributed by atoms with Crippen LogP contribution < -0.4 is 0 Å². The Labute approximate surface area is 456 Å². The molecule has 0 aromatic heterocycles. The third-order valence-electron chi connectivity index (χ3n) is 15.4. The number of carbonyl (C=O) groups is 4. The lowest BCUT2D eigenvalue weighted by atomic mass is 9.96. The molecule has 0 bridgehead atoms. The van der Waals surface area contributed by atoms with Gasteiger partial charge >= 0.3 is 24.1 Å². The van der Waals surface area contributed by atoms with E-state index in [0.717, 1.165) is 116 Å². The maximum atomic E-state index is 13.7. The fraction of sp³-hybridized carbons (Fsp3) is 0.935. The summed E-state index contributed by atoms with van der Waals surface area (Å²) in [5, 5.41) is 0. The molecule has 0 atom stereocenters. The highest BCUT2D eigenvalue weighted by molar-refractivity contribution is 5.70. The van der Waals surface area contributed by atoms with Crippen LogP contribution in [0.2, 0.25) is 0 Å². The van der Waals surface area contributed by atoms with Crippen molar-refractivity contribution < 1.29 is 38.1 Å². The summed E-state index contributed by atoms with van der Waals surface area (Å²) >= 11 is 0. The molecular formula is C62H120N4O8. The molecule has 1 heterocycles. The van der Waals surface area contributed by atoms with Gasteiger partial charge in [-0.15, -0.1) is 0 Å². The number of likely N-dealkylation sites (tertiary alicyclic amines) is 1. The number of esters is 2. The standard InChI is InChI=1S/C62H120N4O8/c1-8-14-20-22-32-44-65(46-34-24-30-40-59(67)73-54-56(36-26-16-10-3)37-27-17-11-4)61(69)71-52-50-64(58-42-48-63(7)49-43-58)51-53-72-62(70)66(45-33-23-21-15-9-2)47-35-25-31-41-60(68)74-55-57(38-28-18-12-5)39-29-19-13-6/h56-58H,8-55H2,1-7H3. The SMILES string of the molecule is CCCCCCCN(CCCCCC(=O)OCC(CCCCC)CCCCC)C(=O)OCCN(CCOC(=O)N(CCCCCCC)CCCCCC(=O)OCC(CCCCC)CCCCC)C1CCN(C)CC1. The molecule has 436 valence electrons. The second-order valence-electron chi connectivity index (χ2n) is 22.3. The van der Waals surface area contributed by atoms with Gasteiger partial charge in [-0.05, 0) is 109 Å². The molecule has 0 spiro atoms. The minimum absolute atomic E-state index is 0.0938. The van der Waals surface area contributed by atoms with Crippen molar-refractivity contribution in [2.45, 2.75) is 279 Å². The maximum absolute atomic E-state index is 13.7. The van der Waals surface area contributed by atoms with Gasteiger partial charge < -0.3 is 33.6 Å². The van der Waals surface area contributed by atoms with E-state index in [1.807, 2.05) is 9.80 Å². The summed E-state index contributed by atoms with van der Waals surface area (Å²) in [6, 6.07) is 0.326. The Balaban J connectivity index is 2.77. The van der Waals surface area contributed by atoms with Crippen LogP contribution in [0.25, 0.3) is 0 Å². The first kappa shape index (κ1) is 69.4. The summed E-state index contributed by atoms with van der Waals surface area (Å²) in [6.07, 6.45) is 37.6. The number of nitrogens with zero attached hydrogens (tertiary/aromatic N) is 4. The number of piperidine rings is 1. The monoisotopic (exact) mass is 1050 g/mol. The van der Waals surface area contributed by atoms with Gasteiger partial charge in [-0.25, -0.2) is 9.59 Å². The van der Waals surface area contributed by atoms with Crippen LogP contribution >= 0.6 is 0 Å². The maximum Gasteiger partial charge on any atom is 0.409 e. The highest BCUT2D eigenvalue weighted by Gasteiger charge is 2.25. The van der Waals surface area contributed by atoms with Crippen molar-refractivity contribution in [2.75, 3.05) is 85.8 Å². The zero-order valence-corrected chi connectivity index (χ0v) is 49.7. The lowest BCUT2D eigenvalue weighted by molar-refractivity contribution is -0.146. The zero-order valence-electron chi connectivity index (χ0n) is 49.7. The van der Waals surface area contributed by atoms with Crippen LogP contribution in [-0.2, 0) is 28.5 Å². The van der Waals surface area contributed by atoms with Crippen molar-refractivity contribution in [3.05, 3.63) is 0 Å². The normalized spacial score (nSPS) is 13.3. The van der Waals surface area contributed by atoms with Crippen molar-refractivity contribution in [1.82, 2.24) is 19.6 Å². The lowest BCUT2D eigenvalue weighted by Crippen LogP contribution is -2.47. The van der Waals surface area contributed by atoms with Crippen molar-refractivity contribution in [3.63, 3.8) is 0 Å². The molecule has 0 N–H and O–H groups in total. The van der Waals surface area contributed by atoms with Gasteiger partial charge in [0.1, 0.15) is 13.2 Å². The number of ether oxygens (including phenoxy) is 4. The van der Waals surface area contributed by atoms with Crippen LogP contribution in [0.4, 0.5) is 9.59 Å². The van der Waals surface area contributed by atoms with Gasteiger partial charge in [-0.2, -0.15) is 0 Å². The van der Waals surface area contributed by atoms with Crippen LogP contribution in [0.3, 0.4) is 0 Å². The van der Waals surface area contributed by atoms with Gasteiger partial charge in [0.2, 0.25) is 0 Å². The fourth-order valence-corrected chi connectivity index (χ4v) is 10.3. The highest BCUT2D eigenvalue weighted by Crippen LogP contribution is 2.21. The average Bonchev–Trinajstić information content (AvgIpc) is 3.39. The van der Waals surface area contributed by atoms with E-state index in [-0.39, 0.29) is 37.3 Å². The van der Waals surface area contributed by atoms with Crippen LogP contribution in [0, 0.1) is 11.8 Å². The van der Waals surface area contributed by atoms with E-state index in [2.05, 4.69) is 58.4 Å². The smallest absolute Gasteiger partial charge is 0.409 e. The van der Waals surface area contributed by atoms with Gasteiger partial charge in [0.25, 0.3) is 0 Å². The molecule has 1 rings (SSSR count). The van der Waals surface area contributed by atoms with E-state index < -0.39 is 0 Å². The van der Waals surface area contributed by atoms with Crippen LogP contribution in [-0.4, -0.2) is 136 Å². The summed E-state index contributed by atoms with van der Waals surface area (Å²) in [4.78, 5) is 61.4. The summed E-state index contributed by atoms with van der Waals surface area (Å²) in [7, 11) is 2.16. The quantitative estimate of drug-likeness (QED) is 0.0331. The number of rotatable bonds is 51. The number of amides is 2. The minimum atomic E-state index is -0.262. The van der Waals surface area contributed by atoms with Crippen molar-refractivity contribution in [2.24, 2.45) is 11.8 Å². The van der Waals surface area contributed by atoms with Gasteiger partial charge in [-0.1, -0.05) is 183 Å². The van der Waals surface area contributed by atoms with Gasteiger partial charge in [-0.3, -0.25) is 14.5 Å². The van der Waals surface area contributed by atoms with E-state index in [1.54, 1.807) is 0 Å². The molecule has 12 nitrogen and oxygen atoms in total. The zero-order chi connectivity index (χ0) is 54.1. The lowest BCUT2D eigenvalue weighted by Gasteiger charge is -2.37. The van der Waals surface area contributed by atoms with Gasteiger partial charge in [0.15, 0.2) is 0 Å². The predicted molar refractivity (Wildman–Crippen MR) is 308 cm³/mol. The number of carbonyl (C=O) groups excluding carboxylic acids is 4. The largest absolute Gasteiger partial charge is 0.465 e. The third kappa shape index (κ3) is 38.9. The Bertz CT molecular complexity index is 1210. The first-order valence-electron chi connectivity index (χ1n) is 31.7. The van der Waals surface area contributed by atoms with Crippen molar-refractivity contribution >= 4 is 24.1 Å². The van der Waals surface area contributed by atoms with Crippen LogP contribution in [0.1, 0.15) is 273 Å². The highest BCUT2D eigenvalue weighted by atomic mass is 16.6. The molecule has 0 saturated carbocycles. The molecular weight excluding hydrogens is 929 g/mol. The van der Waals surface area contributed by atoms with E-state index in [4.69, 9.17) is 18.9 Å². The predicted octanol–water partition coefficient (Wildman–Crippen LogP) is 16.0. The van der Waals surface area contributed by atoms with Gasteiger partial charge in [0, 0.05) is 58.2 Å². The van der Waals surface area contributed by atoms with Crippen molar-refractivity contribution in [1.29, 1.82) is 0 Å². The Kier molecular flexibility index (Phi) is 46.8. The molecule has 0 aromatic carbocycles. The summed E-state index contributed by atoms with van der Waals surface area (Å²) in [5.41, 5.74) is 0.